The monoisotopic (exact) mass is 415 g/mol. The Morgan fingerprint density at radius 2 is 1.77 bits per heavy atom. The minimum Gasteiger partial charge on any atom is -0.375 e. The summed E-state index contributed by atoms with van der Waals surface area (Å²) in [5, 5.41) is 2.63. The van der Waals surface area contributed by atoms with Gasteiger partial charge in [-0.3, -0.25) is 14.8 Å². The molecular formula is C23H21N5OS. The summed E-state index contributed by atoms with van der Waals surface area (Å²) in [7, 11) is 0. The van der Waals surface area contributed by atoms with Crippen molar-refractivity contribution in [1.29, 1.82) is 0 Å². The number of fused-ring (bicyclic) bond motifs is 1. The van der Waals surface area contributed by atoms with Gasteiger partial charge in [0.25, 0.3) is 5.91 Å². The van der Waals surface area contributed by atoms with E-state index in [1.54, 1.807) is 12.4 Å². The molecule has 1 aliphatic rings. The van der Waals surface area contributed by atoms with E-state index in [0.29, 0.717) is 29.3 Å². The van der Waals surface area contributed by atoms with Gasteiger partial charge < -0.3 is 10.6 Å². The summed E-state index contributed by atoms with van der Waals surface area (Å²) >= 11 is 1.47. The molecule has 2 N–H and O–H groups in total. The number of nitrogen functional groups attached to an aromatic ring is 1. The molecule has 30 heavy (non-hydrogen) atoms. The number of hydrogen-bond acceptors (Lipinski definition) is 6. The number of benzene rings is 2. The molecule has 1 aliphatic heterocycles. The third-order valence-electron chi connectivity index (χ3n) is 5.97. The summed E-state index contributed by atoms with van der Waals surface area (Å²) in [6.07, 6.45) is 4.86. The van der Waals surface area contributed by atoms with Crippen LogP contribution in [0.15, 0.2) is 66.3 Å². The van der Waals surface area contributed by atoms with Crippen molar-refractivity contribution in [2.24, 2.45) is 0 Å². The molecule has 0 unspecified atom stereocenters. The van der Waals surface area contributed by atoms with Crippen LogP contribution < -0.4 is 5.73 Å². The van der Waals surface area contributed by atoms with Gasteiger partial charge in [0.1, 0.15) is 5.52 Å². The van der Waals surface area contributed by atoms with Gasteiger partial charge in [-0.1, -0.05) is 36.4 Å². The first-order valence-electron chi connectivity index (χ1n) is 9.93. The van der Waals surface area contributed by atoms with Crippen molar-refractivity contribution in [3.05, 3.63) is 83.1 Å². The fourth-order valence-electron chi connectivity index (χ4n) is 4.38. The highest BCUT2D eigenvalue weighted by atomic mass is 32.1. The number of piperidine rings is 1. The van der Waals surface area contributed by atoms with Gasteiger partial charge in [-0.05, 0) is 30.5 Å². The van der Waals surface area contributed by atoms with Gasteiger partial charge in [-0.25, -0.2) is 4.98 Å². The van der Waals surface area contributed by atoms with Crippen molar-refractivity contribution in [3.63, 3.8) is 0 Å². The molecule has 0 atom stereocenters. The second kappa shape index (κ2) is 7.50. The number of hydrogen-bond donors (Lipinski definition) is 1. The number of rotatable bonds is 3. The number of aromatic nitrogens is 3. The Bertz CT molecular complexity index is 1190. The number of anilines is 1. The summed E-state index contributed by atoms with van der Waals surface area (Å²) in [5.74, 6) is 0.000512. The summed E-state index contributed by atoms with van der Waals surface area (Å²) in [6.45, 7) is 1.28. The van der Waals surface area contributed by atoms with Crippen LogP contribution in [0, 0.1) is 0 Å². The maximum Gasteiger partial charge on any atom is 0.256 e. The van der Waals surface area contributed by atoms with Crippen LogP contribution >= 0.6 is 11.3 Å². The lowest BCUT2D eigenvalue weighted by molar-refractivity contribution is 0.0686. The first-order chi connectivity index (χ1) is 14.7. The zero-order valence-electron chi connectivity index (χ0n) is 16.4. The molecule has 4 aromatic rings. The molecule has 0 saturated carbocycles. The molecule has 150 valence electrons. The van der Waals surface area contributed by atoms with E-state index in [4.69, 9.17) is 5.73 Å². The lowest BCUT2D eigenvalue weighted by Crippen LogP contribution is -2.46. The maximum atomic E-state index is 13.3. The van der Waals surface area contributed by atoms with Crippen molar-refractivity contribution in [2.45, 2.75) is 18.3 Å². The molecule has 0 aliphatic carbocycles. The maximum absolute atomic E-state index is 13.3. The Balaban J connectivity index is 1.46. The van der Waals surface area contributed by atoms with E-state index in [1.165, 1.54) is 16.9 Å². The molecule has 0 bridgehead atoms. The van der Waals surface area contributed by atoms with Crippen molar-refractivity contribution in [3.8, 4) is 0 Å². The lowest BCUT2D eigenvalue weighted by Gasteiger charge is -2.41. The summed E-state index contributed by atoms with van der Waals surface area (Å²) < 4.78 is 0. The quantitative estimate of drug-likeness (QED) is 0.549. The van der Waals surface area contributed by atoms with E-state index >= 15 is 0 Å². The number of para-hydroxylation sites is 1. The third kappa shape index (κ3) is 3.11. The number of amides is 1. The van der Waals surface area contributed by atoms with Crippen LogP contribution in [0.1, 0.15) is 34.5 Å². The highest BCUT2D eigenvalue weighted by molar-refractivity contribution is 7.13. The molecule has 6 nitrogen and oxygen atoms in total. The molecule has 2 aromatic heterocycles. The molecular weight excluding hydrogens is 394 g/mol. The predicted molar refractivity (Wildman–Crippen MR) is 118 cm³/mol. The normalized spacial score (nSPS) is 15.9. The summed E-state index contributed by atoms with van der Waals surface area (Å²) in [4.78, 5) is 28.6. The number of nitrogens with two attached hydrogens (primary N) is 1. The van der Waals surface area contributed by atoms with Crippen molar-refractivity contribution in [2.75, 3.05) is 18.8 Å². The van der Waals surface area contributed by atoms with Crippen LogP contribution in [0.4, 0.5) is 5.13 Å². The van der Waals surface area contributed by atoms with E-state index in [-0.39, 0.29) is 11.3 Å². The predicted octanol–water partition coefficient (Wildman–Crippen LogP) is 3.89. The van der Waals surface area contributed by atoms with E-state index in [1.807, 2.05) is 29.2 Å². The topological polar surface area (TPSA) is 85.0 Å². The Labute approximate surface area is 178 Å². The van der Waals surface area contributed by atoms with Gasteiger partial charge in [0, 0.05) is 36.3 Å². The number of thiazole rings is 1. The number of nitrogens with zero attached hydrogens (tertiary/aromatic N) is 4. The Morgan fingerprint density at radius 3 is 2.50 bits per heavy atom. The molecule has 5 rings (SSSR count). The average Bonchev–Trinajstić information content (AvgIpc) is 3.25. The molecule has 1 saturated heterocycles. The van der Waals surface area contributed by atoms with E-state index < -0.39 is 0 Å². The van der Waals surface area contributed by atoms with E-state index in [0.717, 1.165) is 24.1 Å². The molecule has 1 amide bonds. The van der Waals surface area contributed by atoms with Crippen LogP contribution in [-0.2, 0) is 5.41 Å². The minimum absolute atomic E-state index is 0.000512. The SMILES string of the molecule is Nc1nc(C2(c3ccccc3)CCN(C(=O)c3cccc4nccnc34)CC2)cs1. The fraction of sp³-hybridized carbons (Fsp3) is 0.217. The zero-order valence-corrected chi connectivity index (χ0v) is 17.2. The number of carbonyl (C=O) groups is 1. The van der Waals surface area contributed by atoms with Crippen molar-refractivity contribution >= 4 is 33.4 Å². The Hall–Kier alpha value is -3.32. The largest absolute Gasteiger partial charge is 0.375 e. The standard InChI is InChI=1S/C23H21N5OS/c24-22-27-19(15-30-22)23(16-5-2-1-3-6-16)9-13-28(14-10-23)21(29)17-7-4-8-18-20(17)26-12-11-25-18/h1-8,11-12,15H,9-10,13-14H2,(H2,24,27). The third-order valence-corrected chi connectivity index (χ3v) is 6.65. The highest BCUT2D eigenvalue weighted by Crippen LogP contribution is 2.42. The first-order valence-corrected chi connectivity index (χ1v) is 10.8. The van der Waals surface area contributed by atoms with Crippen molar-refractivity contribution in [1.82, 2.24) is 19.9 Å². The van der Waals surface area contributed by atoms with E-state index in [2.05, 4.69) is 44.6 Å². The van der Waals surface area contributed by atoms with Crippen LogP contribution in [0.3, 0.4) is 0 Å². The number of carbonyl (C=O) groups excluding carboxylic acids is 1. The van der Waals surface area contributed by atoms with Crippen LogP contribution in [0.2, 0.25) is 0 Å². The van der Waals surface area contributed by atoms with Crippen LogP contribution in [0.25, 0.3) is 11.0 Å². The molecule has 1 fully saturated rings. The first kappa shape index (κ1) is 18.7. The fourth-order valence-corrected chi connectivity index (χ4v) is 5.05. The summed E-state index contributed by atoms with van der Waals surface area (Å²) in [5.41, 5.74) is 9.93. The van der Waals surface area contributed by atoms with Gasteiger partial charge in [0.05, 0.1) is 16.8 Å². The van der Waals surface area contributed by atoms with Gasteiger partial charge in [0.2, 0.25) is 0 Å². The van der Waals surface area contributed by atoms with Crippen molar-refractivity contribution < 1.29 is 4.79 Å². The zero-order chi connectivity index (χ0) is 20.6. The Kier molecular flexibility index (Phi) is 4.67. The van der Waals surface area contributed by atoms with Crippen LogP contribution in [-0.4, -0.2) is 38.8 Å². The lowest BCUT2D eigenvalue weighted by atomic mass is 9.70. The minimum atomic E-state index is -0.231. The van der Waals surface area contributed by atoms with Crippen LogP contribution in [0.5, 0.6) is 0 Å². The molecule has 2 aromatic carbocycles. The second-order valence-corrected chi connectivity index (χ2v) is 8.43. The molecule has 7 heteroatoms. The average molecular weight is 416 g/mol. The molecule has 3 heterocycles. The van der Waals surface area contributed by atoms with E-state index in [9.17, 15) is 4.79 Å². The van der Waals surface area contributed by atoms with Gasteiger partial charge in [-0.15, -0.1) is 11.3 Å². The Morgan fingerprint density at radius 1 is 1.00 bits per heavy atom. The smallest absolute Gasteiger partial charge is 0.256 e. The summed E-state index contributed by atoms with van der Waals surface area (Å²) in [6, 6.07) is 16.0. The van der Waals surface area contributed by atoms with Gasteiger partial charge >= 0.3 is 0 Å². The van der Waals surface area contributed by atoms with Gasteiger partial charge in [0.15, 0.2) is 5.13 Å². The molecule has 0 spiro atoms. The highest BCUT2D eigenvalue weighted by Gasteiger charge is 2.41. The second-order valence-electron chi connectivity index (χ2n) is 7.54. The molecule has 0 radical (unpaired) electrons. The number of likely N-dealkylation sites (tertiary alicyclic amines) is 1. The van der Waals surface area contributed by atoms with Gasteiger partial charge in [-0.2, -0.15) is 0 Å².